The number of benzene rings is 1. The molecule has 0 bridgehead atoms. The molecule has 0 spiro atoms. The lowest BCUT2D eigenvalue weighted by atomic mass is 9.91. The van der Waals surface area contributed by atoms with Crippen LogP contribution in [0.4, 0.5) is 0 Å². The summed E-state index contributed by atoms with van der Waals surface area (Å²) in [6.07, 6.45) is 6.40. The smallest absolute Gasteiger partial charge is 0.243 e. The van der Waals surface area contributed by atoms with Crippen LogP contribution in [-0.4, -0.2) is 61.9 Å². The van der Waals surface area contributed by atoms with E-state index in [4.69, 9.17) is 4.74 Å². The number of rotatable bonds is 5. The van der Waals surface area contributed by atoms with E-state index in [1.165, 1.54) is 0 Å². The van der Waals surface area contributed by atoms with E-state index in [0.717, 1.165) is 50.6 Å². The Hall–Kier alpha value is -1.44. The van der Waals surface area contributed by atoms with Crippen molar-refractivity contribution in [1.82, 2.24) is 9.21 Å². The molecular weight excluding hydrogens is 364 g/mol. The molecule has 0 radical (unpaired) electrons. The fourth-order valence-corrected chi connectivity index (χ4v) is 6.19. The maximum Gasteiger partial charge on any atom is 0.243 e. The predicted molar refractivity (Wildman–Crippen MR) is 102 cm³/mol. The van der Waals surface area contributed by atoms with Crippen LogP contribution in [0.1, 0.15) is 44.1 Å². The van der Waals surface area contributed by atoms with Crippen molar-refractivity contribution in [1.29, 1.82) is 0 Å². The highest BCUT2D eigenvalue weighted by atomic mass is 32.2. The van der Waals surface area contributed by atoms with Crippen molar-refractivity contribution < 1.29 is 17.9 Å². The molecule has 1 saturated carbocycles. The number of amides is 1. The number of likely N-dealkylation sites (tertiary alicyclic amines) is 1. The summed E-state index contributed by atoms with van der Waals surface area (Å²) < 4.78 is 33.8. The molecule has 0 N–H and O–H groups in total. The number of hydrogen-bond donors (Lipinski definition) is 0. The number of nitrogens with zero attached hydrogens (tertiary/aromatic N) is 2. The maximum absolute atomic E-state index is 13.2. The molecule has 27 heavy (non-hydrogen) atoms. The predicted octanol–water partition coefficient (Wildman–Crippen LogP) is 2.18. The number of morpholine rings is 1. The van der Waals surface area contributed by atoms with Crippen LogP contribution in [0.15, 0.2) is 29.2 Å². The molecule has 2 heterocycles. The van der Waals surface area contributed by atoms with E-state index in [0.29, 0.717) is 31.0 Å². The second-order valence-electron chi connectivity index (χ2n) is 7.76. The third-order valence-electron chi connectivity index (χ3n) is 6.05. The molecule has 6 nitrogen and oxygen atoms in total. The van der Waals surface area contributed by atoms with Gasteiger partial charge in [-0.05, 0) is 43.4 Å². The molecule has 1 aromatic rings. The average molecular weight is 393 g/mol. The van der Waals surface area contributed by atoms with E-state index in [1.54, 1.807) is 16.4 Å². The summed E-state index contributed by atoms with van der Waals surface area (Å²) in [4.78, 5) is 13.9. The van der Waals surface area contributed by atoms with Crippen molar-refractivity contribution >= 4 is 15.9 Å². The Morgan fingerprint density at radius 2 is 1.81 bits per heavy atom. The third-order valence-corrected chi connectivity index (χ3v) is 7.99. The maximum atomic E-state index is 13.2. The van der Waals surface area contributed by atoms with Crippen LogP contribution in [0, 0.1) is 0 Å². The Morgan fingerprint density at radius 1 is 1.04 bits per heavy atom. The number of carbonyl (C=O) groups excluding carboxylic acids is 1. The van der Waals surface area contributed by atoms with Gasteiger partial charge in [0.25, 0.3) is 0 Å². The first-order valence-corrected chi connectivity index (χ1v) is 11.5. The van der Waals surface area contributed by atoms with E-state index in [-0.39, 0.29) is 18.1 Å². The molecule has 3 aliphatic rings. The molecule has 2 aliphatic heterocycles. The van der Waals surface area contributed by atoms with Crippen molar-refractivity contribution in [3.8, 4) is 0 Å². The van der Waals surface area contributed by atoms with Gasteiger partial charge in [-0.25, -0.2) is 8.42 Å². The Kier molecular flexibility index (Phi) is 5.53. The lowest BCUT2D eigenvalue weighted by Crippen LogP contribution is -2.54. The molecule has 7 heteroatoms. The van der Waals surface area contributed by atoms with Crippen molar-refractivity contribution in [2.24, 2.45) is 0 Å². The highest BCUT2D eigenvalue weighted by Crippen LogP contribution is 2.32. The SMILES string of the molecule is O=C1CCCN1CCc1ccc(S(=O)(=O)N2CCOC3CCCCC32)cc1. The van der Waals surface area contributed by atoms with Crippen molar-refractivity contribution in [2.45, 2.75) is 62.0 Å². The lowest BCUT2D eigenvalue weighted by Gasteiger charge is -2.42. The second-order valence-corrected chi connectivity index (χ2v) is 9.65. The molecule has 1 amide bonds. The summed E-state index contributed by atoms with van der Waals surface area (Å²) in [5.74, 6) is 0.226. The highest BCUT2D eigenvalue weighted by Gasteiger charge is 2.40. The van der Waals surface area contributed by atoms with Crippen LogP contribution < -0.4 is 0 Å². The first-order valence-electron chi connectivity index (χ1n) is 10.1. The van der Waals surface area contributed by atoms with Crippen LogP contribution in [0.5, 0.6) is 0 Å². The molecule has 148 valence electrons. The van der Waals surface area contributed by atoms with Gasteiger partial charge in [-0.2, -0.15) is 4.31 Å². The molecule has 2 unspecified atom stereocenters. The van der Waals surface area contributed by atoms with Crippen molar-refractivity contribution in [3.63, 3.8) is 0 Å². The van der Waals surface area contributed by atoms with Crippen LogP contribution in [0.25, 0.3) is 0 Å². The van der Waals surface area contributed by atoms with Crippen LogP contribution in [0.3, 0.4) is 0 Å². The van der Waals surface area contributed by atoms with Gasteiger partial charge < -0.3 is 9.64 Å². The first-order chi connectivity index (χ1) is 13.1. The number of fused-ring (bicyclic) bond motifs is 1. The average Bonchev–Trinajstić information content (AvgIpc) is 3.11. The zero-order valence-electron chi connectivity index (χ0n) is 15.7. The normalized spacial score (nSPS) is 27.0. The van der Waals surface area contributed by atoms with Crippen molar-refractivity contribution in [3.05, 3.63) is 29.8 Å². The molecule has 1 aromatic carbocycles. The van der Waals surface area contributed by atoms with Gasteiger partial charge in [-0.15, -0.1) is 0 Å². The van der Waals surface area contributed by atoms with E-state index in [9.17, 15) is 13.2 Å². The van der Waals surface area contributed by atoms with Gasteiger partial charge >= 0.3 is 0 Å². The van der Waals surface area contributed by atoms with E-state index in [1.807, 2.05) is 17.0 Å². The Balaban J connectivity index is 1.44. The van der Waals surface area contributed by atoms with Crippen molar-refractivity contribution in [2.75, 3.05) is 26.2 Å². The van der Waals surface area contributed by atoms with Gasteiger partial charge in [0.1, 0.15) is 0 Å². The van der Waals surface area contributed by atoms with Crippen LogP contribution >= 0.6 is 0 Å². The second kappa shape index (κ2) is 7.89. The number of sulfonamides is 1. The van der Waals surface area contributed by atoms with Gasteiger partial charge in [0.05, 0.1) is 23.6 Å². The Bertz CT molecular complexity index is 776. The third kappa shape index (κ3) is 3.91. The molecule has 1 aliphatic carbocycles. The van der Waals surface area contributed by atoms with E-state index < -0.39 is 10.0 Å². The van der Waals surface area contributed by atoms with Gasteiger partial charge in [0.2, 0.25) is 15.9 Å². The summed E-state index contributed by atoms with van der Waals surface area (Å²) in [7, 11) is -3.50. The minimum atomic E-state index is -3.50. The zero-order valence-corrected chi connectivity index (χ0v) is 16.5. The summed E-state index contributed by atoms with van der Waals surface area (Å²) in [6.45, 7) is 2.45. The standard InChI is InChI=1S/C20H28N2O4S/c23-20-6-3-12-21(20)13-11-16-7-9-17(10-8-16)27(24,25)22-14-15-26-19-5-2-1-4-18(19)22/h7-10,18-19H,1-6,11-15H2. The largest absolute Gasteiger partial charge is 0.375 e. The number of hydrogen-bond acceptors (Lipinski definition) is 4. The zero-order chi connectivity index (χ0) is 18.9. The summed E-state index contributed by atoms with van der Waals surface area (Å²) in [5.41, 5.74) is 1.06. The summed E-state index contributed by atoms with van der Waals surface area (Å²) in [5, 5.41) is 0. The van der Waals surface area contributed by atoms with Gasteiger partial charge in [-0.1, -0.05) is 25.0 Å². The highest BCUT2D eigenvalue weighted by molar-refractivity contribution is 7.89. The molecule has 4 rings (SSSR count). The quantitative estimate of drug-likeness (QED) is 0.770. The molecule has 2 saturated heterocycles. The molecule has 2 atom stereocenters. The van der Waals surface area contributed by atoms with Gasteiger partial charge in [0.15, 0.2) is 0 Å². The molecule has 3 fully saturated rings. The fraction of sp³-hybridized carbons (Fsp3) is 0.650. The molecule has 0 aromatic heterocycles. The van der Waals surface area contributed by atoms with Crippen LogP contribution in [0.2, 0.25) is 0 Å². The Labute approximate surface area is 161 Å². The topological polar surface area (TPSA) is 66.9 Å². The summed E-state index contributed by atoms with van der Waals surface area (Å²) in [6, 6.07) is 7.16. The lowest BCUT2D eigenvalue weighted by molar-refractivity contribution is -0.127. The summed E-state index contributed by atoms with van der Waals surface area (Å²) >= 11 is 0. The minimum Gasteiger partial charge on any atom is -0.375 e. The van der Waals surface area contributed by atoms with Gasteiger partial charge in [-0.3, -0.25) is 4.79 Å². The monoisotopic (exact) mass is 392 g/mol. The van der Waals surface area contributed by atoms with Gasteiger partial charge in [0, 0.05) is 26.1 Å². The minimum absolute atomic E-state index is 0.0293. The number of carbonyl (C=O) groups is 1. The van der Waals surface area contributed by atoms with E-state index in [2.05, 4.69) is 0 Å². The Morgan fingerprint density at radius 3 is 2.56 bits per heavy atom. The fourth-order valence-electron chi connectivity index (χ4n) is 4.53. The van der Waals surface area contributed by atoms with Crippen LogP contribution in [-0.2, 0) is 26.0 Å². The number of ether oxygens (including phenoxy) is 1. The molecular formula is C20H28N2O4S. The van der Waals surface area contributed by atoms with E-state index >= 15 is 0 Å². The first kappa shape index (κ1) is 18.9.